The third-order valence-electron chi connectivity index (χ3n) is 4.28. The minimum atomic E-state index is -0.0743. The third kappa shape index (κ3) is 5.24. The van der Waals surface area contributed by atoms with Crippen LogP contribution in [0.1, 0.15) is 24.1 Å². The summed E-state index contributed by atoms with van der Waals surface area (Å²) >= 11 is 5.57. The Morgan fingerprint density at radius 1 is 0.857 bits per heavy atom. The van der Waals surface area contributed by atoms with E-state index >= 15 is 0 Å². The van der Waals surface area contributed by atoms with Gasteiger partial charge in [0.1, 0.15) is 11.5 Å². The van der Waals surface area contributed by atoms with Crippen molar-refractivity contribution in [3.05, 3.63) is 90.0 Å². The first-order valence-electron chi connectivity index (χ1n) is 9.19. The molecule has 5 heteroatoms. The lowest BCUT2D eigenvalue weighted by atomic mass is 9.99. The second-order valence-electron chi connectivity index (χ2n) is 6.17. The van der Waals surface area contributed by atoms with Crippen LogP contribution < -0.4 is 20.1 Å². The molecule has 3 rings (SSSR count). The summed E-state index contributed by atoms with van der Waals surface area (Å²) in [6, 6.07) is 25.9. The molecule has 0 bridgehead atoms. The monoisotopic (exact) mass is 392 g/mol. The largest absolute Gasteiger partial charge is 0.497 e. The number of anilines is 1. The predicted molar refractivity (Wildman–Crippen MR) is 118 cm³/mol. The van der Waals surface area contributed by atoms with E-state index in [4.69, 9.17) is 21.7 Å². The van der Waals surface area contributed by atoms with Gasteiger partial charge in [0.2, 0.25) is 0 Å². The summed E-state index contributed by atoms with van der Waals surface area (Å²) in [5.74, 6) is 1.66. The van der Waals surface area contributed by atoms with Crippen LogP contribution >= 0.6 is 12.2 Å². The van der Waals surface area contributed by atoms with Crippen molar-refractivity contribution in [2.45, 2.75) is 13.0 Å². The fraction of sp³-hybridized carbons (Fsp3) is 0.174. The quantitative estimate of drug-likeness (QED) is 0.543. The number of methoxy groups -OCH3 is 1. The summed E-state index contributed by atoms with van der Waals surface area (Å²) < 4.78 is 10.8. The van der Waals surface area contributed by atoms with Gasteiger partial charge in [0.15, 0.2) is 5.11 Å². The van der Waals surface area contributed by atoms with E-state index in [2.05, 4.69) is 22.8 Å². The summed E-state index contributed by atoms with van der Waals surface area (Å²) in [6.07, 6.45) is 0. The van der Waals surface area contributed by atoms with Crippen LogP contribution in [0.4, 0.5) is 5.69 Å². The smallest absolute Gasteiger partial charge is 0.171 e. The predicted octanol–water partition coefficient (Wildman–Crippen LogP) is 5.17. The molecule has 3 aromatic carbocycles. The van der Waals surface area contributed by atoms with Crippen molar-refractivity contribution in [2.75, 3.05) is 19.0 Å². The maximum atomic E-state index is 5.57. The van der Waals surface area contributed by atoms with Gasteiger partial charge in [-0.3, -0.25) is 0 Å². The number of nitrogens with one attached hydrogen (secondary N) is 2. The number of ether oxygens (including phenoxy) is 2. The molecule has 0 heterocycles. The second-order valence-corrected chi connectivity index (χ2v) is 6.58. The number of rotatable bonds is 7. The fourth-order valence-corrected chi connectivity index (χ4v) is 3.14. The molecular formula is C23H24N2O2S. The Hall–Kier alpha value is -3.05. The van der Waals surface area contributed by atoms with Gasteiger partial charge < -0.3 is 20.1 Å². The van der Waals surface area contributed by atoms with Gasteiger partial charge in [0, 0.05) is 5.69 Å². The SMILES string of the molecule is CCOc1ccc(NC(=S)N[C@@H](c2ccccc2)c2ccc(OC)cc2)cc1. The Morgan fingerprint density at radius 2 is 1.46 bits per heavy atom. The number of hydrogen-bond donors (Lipinski definition) is 2. The van der Waals surface area contributed by atoms with Gasteiger partial charge in [-0.2, -0.15) is 0 Å². The first kappa shape index (κ1) is 19.7. The Balaban J connectivity index is 1.75. The Bertz CT molecular complexity index is 881. The normalized spacial score (nSPS) is 11.4. The number of hydrogen-bond acceptors (Lipinski definition) is 3. The van der Waals surface area contributed by atoms with Crippen molar-refractivity contribution in [1.29, 1.82) is 0 Å². The highest BCUT2D eigenvalue weighted by molar-refractivity contribution is 7.80. The van der Waals surface area contributed by atoms with Gasteiger partial charge in [-0.1, -0.05) is 42.5 Å². The van der Waals surface area contributed by atoms with E-state index in [1.165, 1.54) is 0 Å². The standard InChI is InChI=1S/C23H24N2O2S/c1-3-27-21-15-11-19(12-16-21)24-23(28)25-22(17-7-5-4-6-8-17)18-9-13-20(26-2)14-10-18/h4-16,22H,3H2,1-2H3,(H2,24,25,28)/t22-/m0/s1. The van der Waals surface area contributed by atoms with E-state index in [0.29, 0.717) is 11.7 Å². The van der Waals surface area contributed by atoms with Crippen LogP contribution in [0.25, 0.3) is 0 Å². The van der Waals surface area contributed by atoms with Crippen molar-refractivity contribution in [3.63, 3.8) is 0 Å². The van der Waals surface area contributed by atoms with Crippen LogP contribution in [0.5, 0.6) is 11.5 Å². The van der Waals surface area contributed by atoms with Crippen LogP contribution in [0.3, 0.4) is 0 Å². The molecule has 0 aliphatic rings. The zero-order valence-corrected chi connectivity index (χ0v) is 16.8. The summed E-state index contributed by atoms with van der Waals surface area (Å²) in [6.45, 7) is 2.61. The lowest BCUT2D eigenvalue weighted by Gasteiger charge is -2.22. The molecule has 0 aliphatic heterocycles. The molecule has 0 saturated heterocycles. The van der Waals surface area contributed by atoms with Gasteiger partial charge in [-0.15, -0.1) is 0 Å². The first-order chi connectivity index (χ1) is 13.7. The lowest BCUT2D eigenvalue weighted by Crippen LogP contribution is -2.33. The van der Waals surface area contributed by atoms with Crippen LogP contribution in [0.15, 0.2) is 78.9 Å². The summed E-state index contributed by atoms with van der Waals surface area (Å²) in [4.78, 5) is 0. The molecule has 144 valence electrons. The topological polar surface area (TPSA) is 42.5 Å². The minimum absolute atomic E-state index is 0.0743. The van der Waals surface area contributed by atoms with Crippen LogP contribution in [-0.2, 0) is 0 Å². The highest BCUT2D eigenvalue weighted by Crippen LogP contribution is 2.24. The molecule has 0 amide bonds. The second kappa shape index (κ2) is 9.76. The molecule has 0 radical (unpaired) electrons. The highest BCUT2D eigenvalue weighted by Gasteiger charge is 2.15. The van der Waals surface area contributed by atoms with Crippen molar-refractivity contribution < 1.29 is 9.47 Å². The van der Waals surface area contributed by atoms with E-state index in [9.17, 15) is 0 Å². The Labute approximate surface area is 171 Å². The van der Waals surface area contributed by atoms with Crippen molar-refractivity contribution in [2.24, 2.45) is 0 Å². The lowest BCUT2D eigenvalue weighted by molar-refractivity contribution is 0.340. The molecule has 0 spiro atoms. The molecule has 1 atom stereocenters. The van der Waals surface area contributed by atoms with Gasteiger partial charge >= 0.3 is 0 Å². The van der Waals surface area contributed by atoms with Gasteiger partial charge in [-0.05, 0) is 66.7 Å². The Morgan fingerprint density at radius 3 is 2.07 bits per heavy atom. The zero-order chi connectivity index (χ0) is 19.8. The molecule has 2 N–H and O–H groups in total. The molecule has 0 aromatic heterocycles. The molecule has 0 fully saturated rings. The molecule has 0 aliphatic carbocycles. The molecular weight excluding hydrogens is 368 g/mol. The highest BCUT2D eigenvalue weighted by atomic mass is 32.1. The van der Waals surface area contributed by atoms with Crippen LogP contribution in [0, 0.1) is 0 Å². The fourth-order valence-electron chi connectivity index (χ4n) is 2.90. The van der Waals surface area contributed by atoms with Crippen molar-refractivity contribution >= 4 is 23.0 Å². The van der Waals surface area contributed by atoms with Crippen molar-refractivity contribution in [1.82, 2.24) is 5.32 Å². The maximum Gasteiger partial charge on any atom is 0.171 e. The van der Waals surface area contributed by atoms with Crippen LogP contribution in [0.2, 0.25) is 0 Å². The van der Waals surface area contributed by atoms with Crippen molar-refractivity contribution in [3.8, 4) is 11.5 Å². The summed E-state index contributed by atoms with van der Waals surface area (Å²) in [5, 5.41) is 7.22. The zero-order valence-electron chi connectivity index (χ0n) is 16.0. The molecule has 0 unspecified atom stereocenters. The first-order valence-corrected chi connectivity index (χ1v) is 9.59. The molecule has 4 nitrogen and oxygen atoms in total. The van der Waals surface area contributed by atoms with E-state index in [-0.39, 0.29) is 6.04 Å². The molecule has 0 saturated carbocycles. The van der Waals surface area contributed by atoms with Gasteiger partial charge in [0.05, 0.1) is 19.8 Å². The summed E-state index contributed by atoms with van der Waals surface area (Å²) in [5.41, 5.74) is 3.13. The van der Waals surface area contributed by atoms with Gasteiger partial charge in [0.25, 0.3) is 0 Å². The number of thiocarbonyl (C=S) groups is 1. The van der Waals surface area contributed by atoms with E-state index < -0.39 is 0 Å². The third-order valence-corrected chi connectivity index (χ3v) is 4.50. The van der Waals surface area contributed by atoms with Crippen LogP contribution in [-0.4, -0.2) is 18.8 Å². The number of benzene rings is 3. The molecule has 3 aromatic rings. The minimum Gasteiger partial charge on any atom is -0.497 e. The Kier molecular flexibility index (Phi) is 6.87. The average Bonchev–Trinajstić information content (AvgIpc) is 2.74. The summed E-state index contributed by atoms with van der Waals surface area (Å²) in [7, 11) is 1.66. The van der Waals surface area contributed by atoms with E-state index in [1.807, 2.05) is 73.7 Å². The van der Waals surface area contributed by atoms with E-state index in [0.717, 1.165) is 28.3 Å². The maximum absolute atomic E-state index is 5.57. The van der Waals surface area contributed by atoms with E-state index in [1.54, 1.807) is 7.11 Å². The molecule has 28 heavy (non-hydrogen) atoms. The average molecular weight is 393 g/mol. The van der Waals surface area contributed by atoms with Gasteiger partial charge in [-0.25, -0.2) is 0 Å².